The number of aromatic nitrogens is 3. The van der Waals surface area contributed by atoms with Gasteiger partial charge in [0.15, 0.2) is 0 Å². The van der Waals surface area contributed by atoms with Crippen molar-refractivity contribution in [3.8, 4) is 5.88 Å². The van der Waals surface area contributed by atoms with Crippen LogP contribution in [0.15, 0.2) is 24.4 Å². The maximum absolute atomic E-state index is 12.5. The van der Waals surface area contributed by atoms with Gasteiger partial charge in [-0.3, -0.25) is 9.48 Å². The Morgan fingerprint density at radius 1 is 1.35 bits per heavy atom. The minimum absolute atomic E-state index is 0.158. The monoisotopic (exact) mass is 356 g/mol. The molecule has 2 aromatic heterocycles. The van der Waals surface area contributed by atoms with Crippen molar-refractivity contribution < 1.29 is 9.53 Å². The zero-order valence-electron chi connectivity index (χ0n) is 16.1. The average Bonchev–Trinajstić information content (AvgIpc) is 3.23. The van der Waals surface area contributed by atoms with E-state index >= 15 is 0 Å². The lowest BCUT2D eigenvalue weighted by Gasteiger charge is -2.21. The van der Waals surface area contributed by atoms with Crippen LogP contribution in [0.2, 0.25) is 0 Å². The van der Waals surface area contributed by atoms with Crippen molar-refractivity contribution in [2.45, 2.75) is 71.6 Å². The molecule has 1 aliphatic rings. The highest BCUT2D eigenvalue weighted by molar-refractivity contribution is 5.92. The molecule has 1 fully saturated rings. The third-order valence-electron chi connectivity index (χ3n) is 4.63. The van der Waals surface area contributed by atoms with Gasteiger partial charge in [0, 0.05) is 24.0 Å². The summed E-state index contributed by atoms with van der Waals surface area (Å²) in [5.41, 5.74) is 2.13. The first kappa shape index (κ1) is 18.4. The van der Waals surface area contributed by atoms with Gasteiger partial charge in [-0.15, -0.1) is 0 Å². The Morgan fingerprint density at radius 2 is 2.08 bits per heavy atom. The van der Waals surface area contributed by atoms with Crippen LogP contribution in [-0.4, -0.2) is 26.8 Å². The van der Waals surface area contributed by atoms with Crippen molar-refractivity contribution in [2.75, 3.05) is 0 Å². The van der Waals surface area contributed by atoms with Crippen LogP contribution in [0, 0.1) is 6.92 Å². The number of ether oxygens (including phenoxy) is 1. The van der Waals surface area contributed by atoms with E-state index in [2.05, 4.69) is 36.2 Å². The molecule has 0 bridgehead atoms. The number of hydrogen-bond donors (Lipinski definition) is 1. The fourth-order valence-corrected chi connectivity index (χ4v) is 3.36. The highest BCUT2D eigenvalue weighted by atomic mass is 16.5. The second-order valence-electron chi connectivity index (χ2n) is 7.93. The van der Waals surface area contributed by atoms with Gasteiger partial charge < -0.3 is 10.1 Å². The molecule has 0 aliphatic heterocycles. The summed E-state index contributed by atoms with van der Waals surface area (Å²) in [6.07, 6.45) is 6.53. The molecule has 0 spiro atoms. The van der Waals surface area contributed by atoms with Crippen molar-refractivity contribution in [1.82, 2.24) is 20.1 Å². The molecule has 0 saturated heterocycles. The molecule has 6 nitrogen and oxygen atoms in total. The summed E-state index contributed by atoms with van der Waals surface area (Å²) >= 11 is 0. The fraction of sp³-hybridized carbons (Fsp3) is 0.550. The molecule has 2 heterocycles. The Hall–Kier alpha value is -2.37. The van der Waals surface area contributed by atoms with Gasteiger partial charge >= 0.3 is 0 Å². The number of nitrogens with one attached hydrogen (secondary N) is 1. The first-order valence-corrected chi connectivity index (χ1v) is 9.30. The quantitative estimate of drug-likeness (QED) is 0.889. The van der Waals surface area contributed by atoms with E-state index < -0.39 is 0 Å². The van der Waals surface area contributed by atoms with Gasteiger partial charge in [0.2, 0.25) is 5.88 Å². The summed E-state index contributed by atoms with van der Waals surface area (Å²) in [5, 5.41) is 7.39. The van der Waals surface area contributed by atoms with Crippen molar-refractivity contribution in [2.24, 2.45) is 0 Å². The maximum Gasteiger partial charge on any atom is 0.272 e. The third kappa shape index (κ3) is 4.23. The molecular weight excluding hydrogens is 328 g/mol. The van der Waals surface area contributed by atoms with E-state index in [1.165, 1.54) is 12.8 Å². The Balaban J connectivity index is 1.66. The number of nitrogens with zero attached hydrogens (tertiary/aromatic N) is 3. The zero-order chi connectivity index (χ0) is 18.7. The fourth-order valence-electron chi connectivity index (χ4n) is 3.36. The average molecular weight is 356 g/mol. The van der Waals surface area contributed by atoms with Gasteiger partial charge in [-0.2, -0.15) is 5.10 Å². The van der Waals surface area contributed by atoms with Crippen LogP contribution in [0.5, 0.6) is 5.88 Å². The predicted octanol–water partition coefficient (Wildman–Crippen LogP) is 3.59. The number of carbonyl (C=O) groups is 1. The zero-order valence-corrected chi connectivity index (χ0v) is 16.1. The first-order chi connectivity index (χ1) is 12.3. The van der Waals surface area contributed by atoms with Crippen molar-refractivity contribution in [3.63, 3.8) is 0 Å². The van der Waals surface area contributed by atoms with Gasteiger partial charge in [0.05, 0.1) is 5.54 Å². The third-order valence-corrected chi connectivity index (χ3v) is 4.63. The van der Waals surface area contributed by atoms with E-state index in [1.807, 2.05) is 29.8 Å². The van der Waals surface area contributed by atoms with Gasteiger partial charge in [-0.1, -0.05) is 6.07 Å². The lowest BCUT2D eigenvalue weighted by Crippen LogP contribution is -2.27. The maximum atomic E-state index is 12.5. The molecule has 0 unspecified atom stereocenters. The molecule has 3 rings (SSSR count). The summed E-state index contributed by atoms with van der Waals surface area (Å²) in [4.78, 5) is 16.9. The van der Waals surface area contributed by atoms with Crippen molar-refractivity contribution >= 4 is 5.91 Å². The topological polar surface area (TPSA) is 69.0 Å². The SMILES string of the molecule is Cc1cc(C(=O)NCc2cccnc2OC2CCCC2)nn1C(C)(C)C. The summed E-state index contributed by atoms with van der Waals surface area (Å²) in [5.74, 6) is 0.433. The molecule has 0 aromatic carbocycles. The van der Waals surface area contributed by atoms with Gasteiger partial charge in [0.25, 0.3) is 5.91 Å². The Kier molecular flexibility index (Phi) is 5.30. The summed E-state index contributed by atoms with van der Waals surface area (Å²) in [7, 11) is 0. The van der Waals surface area contributed by atoms with E-state index in [-0.39, 0.29) is 17.6 Å². The molecule has 1 aliphatic carbocycles. The smallest absolute Gasteiger partial charge is 0.272 e. The summed E-state index contributed by atoms with van der Waals surface area (Å²) in [6, 6.07) is 5.62. The molecule has 0 atom stereocenters. The second-order valence-corrected chi connectivity index (χ2v) is 7.93. The minimum atomic E-state index is -0.188. The molecule has 140 valence electrons. The van der Waals surface area contributed by atoms with E-state index in [4.69, 9.17) is 4.74 Å². The lowest BCUT2D eigenvalue weighted by atomic mass is 10.1. The van der Waals surface area contributed by atoms with E-state index in [0.717, 1.165) is 24.1 Å². The van der Waals surface area contributed by atoms with Crippen LogP contribution >= 0.6 is 0 Å². The Morgan fingerprint density at radius 3 is 2.73 bits per heavy atom. The Labute approximate surface area is 155 Å². The molecule has 1 amide bonds. The number of aryl methyl sites for hydroxylation is 1. The van der Waals surface area contributed by atoms with Gasteiger partial charge in [-0.25, -0.2) is 4.98 Å². The normalized spacial score (nSPS) is 15.2. The van der Waals surface area contributed by atoms with Crippen LogP contribution < -0.4 is 10.1 Å². The Bertz CT molecular complexity index is 770. The summed E-state index contributed by atoms with van der Waals surface area (Å²) < 4.78 is 7.91. The standard InChI is InChI=1S/C20H28N4O2/c1-14-12-17(23-24(14)20(2,3)4)18(25)22-13-15-8-7-11-21-19(15)26-16-9-5-6-10-16/h7-8,11-12,16H,5-6,9-10,13H2,1-4H3,(H,22,25). The number of rotatable bonds is 5. The molecule has 2 aromatic rings. The van der Waals surface area contributed by atoms with Gasteiger partial charge in [-0.05, 0) is 65.5 Å². The number of hydrogen-bond acceptors (Lipinski definition) is 4. The largest absolute Gasteiger partial charge is 0.474 e. The van der Waals surface area contributed by atoms with Crippen molar-refractivity contribution in [3.05, 3.63) is 41.3 Å². The highest BCUT2D eigenvalue weighted by Gasteiger charge is 2.21. The van der Waals surface area contributed by atoms with E-state index in [1.54, 1.807) is 6.20 Å². The van der Waals surface area contributed by atoms with Crippen LogP contribution in [0.25, 0.3) is 0 Å². The minimum Gasteiger partial charge on any atom is -0.474 e. The van der Waals surface area contributed by atoms with Crippen molar-refractivity contribution in [1.29, 1.82) is 0 Å². The molecule has 26 heavy (non-hydrogen) atoms. The number of amides is 1. The van der Waals surface area contributed by atoms with Gasteiger partial charge in [0.1, 0.15) is 11.8 Å². The predicted molar refractivity (Wildman–Crippen MR) is 100 cm³/mol. The van der Waals surface area contributed by atoms with Crippen LogP contribution in [-0.2, 0) is 12.1 Å². The molecular formula is C20H28N4O2. The molecule has 0 radical (unpaired) electrons. The number of pyridine rings is 1. The first-order valence-electron chi connectivity index (χ1n) is 9.30. The summed E-state index contributed by atoms with van der Waals surface area (Å²) in [6.45, 7) is 8.53. The highest BCUT2D eigenvalue weighted by Crippen LogP contribution is 2.25. The molecule has 1 saturated carbocycles. The van der Waals surface area contributed by atoms with E-state index in [0.29, 0.717) is 18.1 Å². The van der Waals surface area contributed by atoms with Crippen LogP contribution in [0.4, 0.5) is 0 Å². The lowest BCUT2D eigenvalue weighted by molar-refractivity contribution is 0.0943. The molecule has 1 N–H and O–H groups in total. The number of carbonyl (C=O) groups excluding carboxylic acids is 1. The second kappa shape index (κ2) is 7.48. The molecule has 6 heteroatoms. The van der Waals surface area contributed by atoms with Crippen LogP contribution in [0.3, 0.4) is 0 Å². The van der Waals surface area contributed by atoms with Crippen LogP contribution in [0.1, 0.15) is 68.2 Å². The van der Waals surface area contributed by atoms with E-state index in [9.17, 15) is 4.79 Å².